The maximum absolute atomic E-state index is 4.21. The SMILES string of the molecule is CN=C(NCCCC(C)C)NC1CC1C.I. The third-order valence-corrected chi connectivity index (χ3v) is 2.91. The highest BCUT2D eigenvalue weighted by Crippen LogP contribution is 2.28. The van der Waals surface area contributed by atoms with Gasteiger partial charge < -0.3 is 10.6 Å². The van der Waals surface area contributed by atoms with Crippen molar-refractivity contribution in [1.82, 2.24) is 10.6 Å². The van der Waals surface area contributed by atoms with E-state index in [1.165, 1.54) is 19.3 Å². The van der Waals surface area contributed by atoms with Crippen LogP contribution in [0.5, 0.6) is 0 Å². The Hall–Kier alpha value is 0. The molecule has 0 amide bonds. The van der Waals surface area contributed by atoms with Crippen molar-refractivity contribution in [3.05, 3.63) is 0 Å². The molecule has 1 rings (SSSR count). The van der Waals surface area contributed by atoms with Crippen molar-refractivity contribution >= 4 is 29.9 Å². The molecule has 0 spiro atoms. The van der Waals surface area contributed by atoms with Gasteiger partial charge in [0.1, 0.15) is 0 Å². The van der Waals surface area contributed by atoms with E-state index in [-0.39, 0.29) is 24.0 Å². The van der Waals surface area contributed by atoms with Gasteiger partial charge in [0, 0.05) is 19.6 Å². The monoisotopic (exact) mass is 339 g/mol. The summed E-state index contributed by atoms with van der Waals surface area (Å²) in [5.74, 6) is 2.58. The molecule has 96 valence electrons. The van der Waals surface area contributed by atoms with Crippen LogP contribution >= 0.6 is 24.0 Å². The van der Waals surface area contributed by atoms with Crippen molar-refractivity contribution in [2.75, 3.05) is 13.6 Å². The highest BCUT2D eigenvalue weighted by atomic mass is 127. The first-order chi connectivity index (χ1) is 7.13. The number of rotatable bonds is 5. The van der Waals surface area contributed by atoms with E-state index >= 15 is 0 Å². The largest absolute Gasteiger partial charge is 0.356 e. The zero-order valence-electron chi connectivity index (χ0n) is 10.9. The van der Waals surface area contributed by atoms with Gasteiger partial charge in [0.25, 0.3) is 0 Å². The van der Waals surface area contributed by atoms with Crippen LogP contribution in [0.15, 0.2) is 4.99 Å². The van der Waals surface area contributed by atoms with Crippen LogP contribution in [0.4, 0.5) is 0 Å². The van der Waals surface area contributed by atoms with Crippen molar-refractivity contribution < 1.29 is 0 Å². The molecular weight excluding hydrogens is 313 g/mol. The highest BCUT2D eigenvalue weighted by molar-refractivity contribution is 14.0. The Morgan fingerprint density at radius 3 is 2.50 bits per heavy atom. The summed E-state index contributed by atoms with van der Waals surface area (Å²) in [6.45, 7) is 7.82. The summed E-state index contributed by atoms with van der Waals surface area (Å²) >= 11 is 0. The Labute approximate surface area is 117 Å². The van der Waals surface area contributed by atoms with E-state index in [0.717, 1.165) is 24.3 Å². The van der Waals surface area contributed by atoms with Gasteiger partial charge in [-0.05, 0) is 31.1 Å². The Morgan fingerprint density at radius 2 is 2.06 bits per heavy atom. The predicted molar refractivity (Wildman–Crippen MR) is 81.6 cm³/mol. The first-order valence-corrected chi connectivity index (χ1v) is 6.10. The minimum Gasteiger partial charge on any atom is -0.356 e. The van der Waals surface area contributed by atoms with Gasteiger partial charge in [0.15, 0.2) is 5.96 Å². The zero-order chi connectivity index (χ0) is 11.3. The maximum Gasteiger partial charge on any atom is 0.191 e. The van der Waals surface area contributed by atoms with E-state index in [9.17, 15) is 0 Å². The summed E-state index contributed by atoms with van der Waals surface area (Å²) < 4.78 is 0. The van der Waals surface area contributed by atoms with Gasteiger partial charge in [0.05, 0.1) is 0 Å². The molecule has 0 saturated heterocycles. The lowest BCUT2D eigenvalue weighted by Crippen LogP contribution is -2.39. The summed E-state index contributed by atoms with van der Waals surface area (Å²) in [6.07, 6.45) is 3.79. The number of aliphatic imine (C=N–C) groups is 1. The molecule has 2 atom stereocenters. The Bertz CT molecular complexity index is 216. The van der Waals surface area contributed by atoms with E-state index in [2.05, 4.69) is 36.4 Å². The van der Waals surface area contributed by atoms with E-state index in [1.54, 1.807) is 0 Å². The topological polar surface area (TPSA) is 36.4 Å². The maximum atomic E-state index is 4.21. The van der Waals surface area contributed by atoms with Crippen LogP contribution < -0.4 is 10.6 Å². The van der Waals surface area contributed by atoms with Gasteiger partial charge >= 0.3 is 0 Å². The number of nitrogens with zero attached hydrogens (tertiary/aromatic N) is 1. The molecule has 0 bridgehead atoms. The Morgan fingerprint density at radius 1 is 1.44 bits per heavy atom. The molecule has 0 heterocycles. The molecule has 3 nitrogen and oxygen atoms in total. The Kier molecular flexibility index (Phi) is 8.14. The van der Waals surface area contributed by atoms with Crippen LogP contribution in [0.1, 0.15) is 40.0 Å². The van der Waals surface area contributed by atoms with Crippen LogP contribution in [-0.2, 0) is 0 Å². The minimum atomic E-state index is 0. The van der Waals surface area contributed by atoms with Crippen LogP contribution in [0.2, 0.25) is 0 Å². The van der Waals surface area contributed by atoms with Gasteiger partial charge in [0.2, 0.25) is 0 Å². The summed E-state index contributed by atoms with van der Waals surface area (Å²) in [6, 6.07) is 0.654. The van der Waals surface area contributed by atoms with Crippen molar-refractivity contribution in [3.63, 3.8) is 0 Å². The summed E-state index contributed by atoms with van der Waals surface area (Å²) in [5, 5.41) is 6.77. The molecule has 0 aromatic rings. The van der Waals surface area contributed by atoms with E-state index in [0.29, 0.717) is 6.04 Å². The van der Waals surface area contributed by atoms with E-state index < -0.39 is 0 Å². The van der Waals surface area contributed by atoms with Gasteiger partial charge in [-0.3, -0.25) is 4.99 Å². The highest BCUT2D eigenvalue weighted by Gasteiger charge is 2.32. The third-order valence-electron chi connectivity index (χ3n) is 2.91. The molecule has 0 aromatic heterocycles. The fraction of sp³-hybridized carbons (Fsp3) is 0.917. The number of hydrogen-bond donors (Lipinski definition) is 2. The van der Waals surface area contributed by atoms with Gasteiger partial charge in [-0.25, -0.2) is 0 Å². The number of nitrogens with one attached hydrogen (secondary N) is 2. The van der Waals surface area contributed by atoms with Crippen LogP contribution in [0.25, 0.3) is 0 Å². The van der Waals surface area contributed by atoms with Crippen molar-refractivity contribution in [2.24, 2.45) is 16.8 Å². The average Bonchev–Trinajstić information content (AvgIpc) is 2.86. The molecule has 1 aliphatic rings. The van der Waals surface area contributed by atoms with Gasteiger partial charge in [-0.1, -0.05) is 20.8 Å². The second-order valence-electron chi connectivity index (χ2n) is 5.00. The van der Waals surface area contributed by atoms with E-state index in [1.807, 2.05) is 7.05 Å². The smallest absolute Gasteiger partial charge is 0.191 e. The standard InChI is InChI=1S/C12H25N3.HI/c1-9(2)6-5-7-14-12(13-4)15-11-8-10(11)3;/h9-11H,5-8H2,1-4H3,(H2,13,14,15);1H. The quantitative estimate of drug-likeness (QED) is 0.350. The molecule has 0 aromatic carbocycles. The van der Waals surface area contributed by atoms with Crippen molar-refractivity contribution in [1.29, 1.82) is 0 Å². The third kappa shape index (κ3) is 6.55. The second kappa shape index (κ2) is 8.14. The molecule has 2 N–H and O–H groups in total. The predicted octanol–water partition coefficient (Wildman–Crippen LogP) is 2.61. The molecule has 4 heteroatoms. The van der Waals surface area contributed by atoms with Crippen molar-refractivity contribution in [2.45, 2.75) is 46.1 Å². The summed E-state index contributed by atoms with van der Waals surface area (Å²) in [7, 11) is 1.84. The summed E-state index contributed by atoms with van der Waals surface area (Å²) in [5.41, 5.74) is 0. The number of halogens is 1. The molecule has 1 saturated carbocycles. The van der Waals surface area contributed by atoms with Gasteiger partial charge in [-0.2, -0.15) is 0 Å². The molecule has 1 fully saturated rings. The van der Waals surface area contributed by atoms with Crippen molar-refractivity contribution in [3.8, 4) is 0 Å². The molecule has 2 unspecified atom stereocenters. The minimum absolute atomic E-state index is 0. The molecular formula is C12H26IN3. The lowest BCUT2D eigenvalue weighted by atomic mass is 10.1. The second-order valence-corrected chi connectivity index (χ2v) is 5.00. The number of guanidine groups is 1. The lowest BCUT2D eigenvalue weighted by molar-refractivity contribution is 0.549. The first-order valence-electron chi connectivity index (χ1n) is 6.10. The fourth-order valence-corrected chi connectivity index (χ4v) is 1.61. The van der Waals surface area contributed by atoms with E-state index in [4.69, 9.17) is 0 Å². The van der Waals surface area contributed by atoms with Gasteiger partial charge in [-0.15, -0.1) is 24.0 Å². The first kappa shape index (κ1) is 16.0. The fourth-order valence-electron chi connectivity index (χ4n) is 1.61. The molecule has 0 aliphatic heterocycles. The average molecular weight is 339 g/mol. The number of hydrogen-bond acceptors (Lipinski definition) is 1. The van der Waals surface area contributed by atoms with Crippen LogP contribution in [-0.4, -0.2) is 25.6 Å². The zero-order valence-corrected chi connectivity index (χ0v) is 13.2. The van der Waals surface area contributed by atoms with Crippen LogP contribution in [0, 0.1) is 11.8 Å². The van der Waals surface area contributed by atoms with Crippen LogP contribution in [0.3, 0.4) is 0 Å². The summed E-state index contributed by atoms with van der Waals surface area (Å²) in [4.78, 5) is 4.21. The lowest BCUT2D eigenvalue weighted by Gasteiger charge is -2.11. The normalized spacial score (nSPS) is 23.9. The molecule has 0 radical (unpaired) electrons. The molecule has 1 aliphatic carbocycles. The Balaban J connectivity index is 0.00000225. The molecule has 16 heavy (non-hydrogen) atoms.